The summed E-state index contributed by atoms with van der Waals surface area (Å²) in [4.78, 5) is 12.2. The highest BCUT2D eigenvalue weighted by Gasteiger charge is 2.25. The molecule has 0 radical (unpaired) electrons. The number of carbonyl (C=O) groups is 1. The van der Waals surface area contributed by atoms with E-state index in [2.05, 4.69) is 20.8 Å². The fraction of sp³-hybridized carbons (Fsp3) is 0.400. The Morgan fingerprint density at radius 1 is 1.32 bits per heavy atom. The molecular formula is C15H19ClN4O4S. The number of rotatable bonds is 6. The molecule has 0 aliphatic rings. The van der Waals surface area contributed by atoms with Gasteiger partial charge in [0.1, 0.15) is 6.04 Å². The molecule has 1 heterocycles. The SMILES string of the molecule is CC(C)C[C@H](NC(=O)Nc1cccc(Cl)c1)c1nnc(S(C)(=O)=O)o1. The normalized spacial score (nSPS) is 12.8. The average Bonchev–Trinajstić information content (AvgIpc) is 2.95. The number of halogens is 1. The molecule has 0 saturated carbocycles. The molecule has 2 N–H and O–H groups in total. The number of benzene rings is 1. The Kier molecular flexibility index (Phi) is 6.02. The Hall–Kier alpha value is -2.13. The third kappa shape index (κ3) is 5.71. The fourth-order valence-corrected chi connectivity index (χ4v) is 2.71. The zero-order valence-electron chi connectivity index (χ0n) is 14.0. The minimum Gasteiger partial charge on any atom is -0.410 e. The van der Waals surface area contributed by atoms with Gasteiger partial charge in [-0.15, -0.1) is 5.10 Å². The predicted octanol–water partition coefficient (Wildman–Crippen LogP) is 3.04. The summed E-state index contributed by atoms with van der Waals surface area (Å²) in [6.07, 6.45) is 1.47. The van der Waals surface area contributed by atoms with Crippen LogP contribution in [0.3, 0.4) is 0 Å². The van der Waals surface area contributed by atoms with Crippen molar-refractivity contribution in [2.24, 2.45) is 5.92 Å². The Bertz CT molecular complexity index is 851. The van der Waals surface area contributed by atoms with Crippen LogP contribution in [0.2, 0.25) is 5.02 Å². The summed E-state index contributed by atoms with van der Waals surface area (Å²) in [5.74, 6) is 0.237. The van der Waals surface area contributed by atoms with E-state index in [9.17, 15) is 13.2 Å². The third-order valence-electron chi connectivity index (χ3n) is 3.13. The number of hydrogen-bond donors (Lipinski definition) is 2. The van der Waals surface area contributed by atoms with E-state index in [1.165, 1.54) is 0 Å². The van der Waals surface area contributed by atoms with Crippen molar-refractivity contribution in [2.75, 3.05) is 11.6 Å². The number of carbonyl (C=O) groups excluding carboxylic acids is 1. The van der Waals surface area contributed by atoms with Gasteiger partial charge in [0.05, 0.1) is 0 Å². The molecule has 0 spiro atoms. The summed E-state index contributed by atoms with van der Waals surface area (Å²) in [6.45, 7) is 3.91. The molecule has 0 aliphatic heterocycles. The van der Waals surface area contributed by atoms with Crippen LogP contribution in [0.1, 0.15) is 32.2 Å². The quantitative estimate of drug-likeness (QED) is 0.788. The molecule has 2 rings (SSSR count). The standard InChI is InChI=1S/C15H19ClN4O4S/c1-9(2)7-12(13-19-20-15(24-13)25(3,22)23)18-14(21)17-11-6-4-5-10(16)8-11/h4-6,8-9,12H,7H2,1-3H3,(H2,17,18,21)/t12-/m0/s1. The fourth-order valence-electron chi connectivity index (χ4n) is 2.10. The zero-order chi connectivity index (χ0) is 18.6. The first-order valence-corrected chi connectivity index (χ1v) is 9.78. The smallest absolute Gasteiger partial charge is 0.335 e. The molecule has 0 aliphatic carbocycles. The van der Waals surface area contributed by atoms with E-state index in [1.54, 1.807) is 24.3 Å². The predicted molar refractivity (Wildman–Crippen MR) is 93.2 cm³/mol. The number of hydrogen-bond acceptors (Lipinski definition) is 6. The number of anilines is 1. The van der Waals surface area contributed by atoms with Crippen molar-refractivity contribution in [1.82, 2.24) is 15.5 Å². The van der Waals surface area contributed by atoms with Gasteiger partial charge in [-0.3, -0.25) is 0 Å². The summed E-state index contributed by atoms with van der Waals surface area (Å²) in [5, 5.41) is 12.7. The van der Waals surface area contributed by atoms with Gasteiger partial charge in [0, 0.05) is 17.0 Å². The highest BCUT2D eigenvalue weighted by atomic mass is 35.5. The van der Waals surface area contributed by atoms with Crippen LogP contribution in [-0.2, 0) is 9.84 Å². The lowest BCUT2D eigenvalue weighted by molar-refractivity contribution is 0.241. The van der Waals surface area contributed by atoms with Crippen molar-refractivity contribution in [3.05, 3.63) is 35.2 Å². The highest BCUT2D eigenvalue weighted by molar-refractivity contribution is 7.90. The Morgan fingerprint density at radius 2 is 2.04 bits per heavy atom. The first-order valence-electron chi connectivity index (χ1n) is 7.51. The van der Waals surface area contributed by atoms with Crippen LogP contribution in [-0.4, -0.2) is 30.9 Å². The largest absolute Gasteiger partial charge is 0.410 e. The van der Waals surface area contributed by atoms with E-state index in [1.807, 2.05) is 13.8 Å². The average molecular weight is 387 g/mol. The lowest BCUT2D eigenvalue weighted by Crippen LogP contribution is -2.33. The maximum Gasteiger partial charge on any atom is 0.335 e. The molecule has 0 bridgehead atoms. The second kappa shape index (κ2) is 7.83. The molecule has 0 fully saturated rings. The van der Waals surface area contributed by atoms with E-state index in [4.69, 9.17) is 16.0 Å². The number of aromatic nitrogens is 2. The lowest BCUT2D eigenvalue weighted by atomic mass is 10.0. The molecule has 8 nitrogen and oxygen atoms in total. The molecule has 136 valence electrons. The van der Waals surface area contributed by atoms with Gasteiger partial charge in [-0.05, 0) is 30.5 Å². The van der Waals surface area contributed by atoms with Crippen molar-refractivity contribution in [2.45, 2.75) is 31.5 Å². The molecule has 1 aromatic heterocycles. The Balaban J connectivity index is 2.14. The van der Waals surface area contributed by atoms with Gasteiger partial charge >= 0.3 is 11.3 Å². The van der Waals surface area contributed by atoms with Gasteiger partial charge in [-0.25, -0.2) is 13.2 Å². The zero-order valence-corrected chi connectivity index (χ0v) is 15.6. The summed E-state index contributed by atoms with van der Waals surface area (Å²) in [5.41, 5.74) is 0.524. The number of sulfone groups is 1. The molecule has 0 unspecified atom stereocenters. The van der Waals surface area contributed by atoms with Crippen molar-refractivity contribution in [1.29, 1.82) is 0 Å². The monoisotopic (exact) mass is 386 g/mol. The Morgan fingerprint density at radius 3 is 2.60 bits per heavy atom. The number of urea groups is 1. The van der Waals surface area contributed by atoms with E-state index in [0.717, 1.165) is 6.26 Å². The maximum atomic E-state index is 12.2. The van der Waals surface area contributed by atoms with Crippen LogP contribution >= 0.6 is 11.6 Å². The van der Waals surface area contributed by atoms with Crippen LogP contribution < -0.4 is 10.6 Å². The number of amides is 2. The maximum absolute atomic E-state index is 12.2. The van der Waals surface area contributed by atoms with Gasteiger partial charge < -0.3 is 15.1 Å². The summed E-state index contributed by atoms with van der Waals surface area (Å²) >= 11 is 5.88. The van der Waals surface area contributed by atoms with E-state index in [0.29, 0.717) is 17.1 Å². The number of nitrogens with zero attached hydrogens (tertiary/aromatic N) is 2. The molecule has 1 aromatic carbocycles. The van der Waals surface area contributed by atoms with Crippen LogP contribution in [0, 0.1) is 5.92 Å². The topological polar surface area (TPSA) is 114 Å². The molecule has 0 saturated heterocycles. The van der Waals surface area contributed by atoms with Gasteiger partial charge in [0.2, 0.25) is 15.7 Å². The van der Waals surface area contributed by atoms with E-state index >= 15 is 0 Å². The van der Waals surface area contributed by atoms with E-state index in [-0.39, 0.29) is 11.8 Å². The minimum absolute atomic E-state index is 0.0374. The highest BCUT2D eigenvalue weighted by Crippen LogP contribution is 2.22. The molecule has 25 heavy (non-hydrogen) atoms. The van der Waals surface area contributed by atoms with Crippen molar-refractivity contribution in [3.8, 4) is 0 Å². The van der Waals surface area contributed by atoms with Crippen molar-refractivity contribution < 1.29 is 17.6 Å². The van der Waals surface area contributed by atoms with Gasteiger partial charge in [0.25, 0.3) is 0 Å². The minimum atomic E-state index is -3.61. The first-order chi connectivity index (χ1) is 11.6. The number of nitrogens with one attached hydrogen (secondary N) is 2. The molecule has 2 aromatic rings. The summed E-state index contributed by atoms with van der Waals surface area (Å²) in [6, 6.07) is 5.58. The van der Waals surface area contributed by atoms with Gasteiger partial charge in [-0.2, -0.15) is 0 Å². The van der Waals surface area contributed by atoms with Gasteiger partial charge in [0.15, 0.2) is 0 Å². The van der Waals surface area contributed by atoms with Crippen molar-refractivity contribution >= 4 is 33.2 Å². The molecule has 10 heteroatoms. The van der Waals surface area contributed by atoms with Crippen molar-refractivity contribution in [3.63, 3.8) is 0 Å². The third-order valence-corrected chi connectivity index (χ3v) is 4.17. The van der Waals surface area contributed by atoms with E-state index < -0.39 is 27.1 Å². The first kappa shape index (κ1) is 19.2. The summed E-state index contributed by atoms with van der Waals surface area (Å²) < 4.78 is 28.2. The lowest BCUT2D eigenvalue weighted by Gasteiger charge is -2.17. The summed E-state index contributed by atoms with van der Waals surface area (Å²) in [7, 11) is -3.61. The van der Waals surface area contributed by atoms with Crippen LogP contribution in [0.15, 0.2) is 33.9 Å². The van der Waals surface area contributed by atoms with Gasteiger partial charge in [-0.1, -0.05) is 36.6 Å². The van der Waals surface area contributed by atoms with Crippen LogP contribution in [0.25, 0.3) is 0 Å². The Labute approximate surface area is 150 Å². The molecule has 1 atom stereocenters. The van der Waals surface area contributed by atoms with Crippen LogP contribution in [0.4, 0.5) is 10.5 Å². The second-order valence-electron chi connectivity index (χ2n) is 5.97. The second-order valence-corrected chi connectivity index (χ2v) is 8.30. The molecular weight excluding hydrogens is 368 g/mol. The molecule has 2 amide bonds. The van der Waals surface area contributed by atoms with Crippen LogP contribution in [0.5, 0.6) is 0 Å².